The molecule has 100 valence electrons. The fourth-order valence-electron chi connectivity index (χ4n) is 2.90. The van der Waals surface area contributed by atoms with Crippen LogP contribution in [0.1, 0.15) is 44.6 Å². The summed E-state index contributed by atoms with van der Waals surface area (Å²) in [6.45, 7) is 2.27. The van der Waals surface area contributed by atoms with Gasteiger partial charge in [0.05, 0.1) is 5.02 Å². The second-order valence-electron chi connectivity index (χ2n) is 5.77. The molecule has 0 saturated heterocycles. The highest BCUT2D eigenvalue weighted by atomic mass is 35.5. The molecule has 0 aliphatic heterocycles. The van der Waals surface area contributed by atoms with Gasteiger partial charge in [0, 0.05) is 6.04 Å². The molecule has 1 fully saturated rings. The zero-order chi connectivity index (χ0) is 13.2. The van der Waals surface area contributed by atoms with Crippen LogP contribution in [-0.2, 0) is 6.42 Å². The SMILES string of the molecule is CC1(C(N)Cc2ccc(Cl)c(F)c2)CCCCC1. The summed E-state index contributed by atoms with van der Waals surface area (Å²) in [6.07, 6.45) is 6.94. The van der Waals surface area contributed by atoms with Crippen molar-refractivity contribution in [3.05, 3.63) is 34.6 Å². The first-order valence-electron chi connectivity index (χ1n) is 6.71. The molecular formula is C15H21ClFN. The third-order valence-electron chi connectivity index (χ3n) is 4.33. The standard InChI is InChI=1S/C15H21ClFN/c1-15(7-3-2-4-8-15)14(18)10-11-5-6-12(16)13(17)9-11/h5-6,9,14H,2-4,7-8,10,18H2,1H3. The Morgan fingerprint density at radius 1 is 1.33 bits per heavy atom. The molecular weight excluding hydrogens is 249 g/mol. The molecule has 0 heterocycles. The molecule has 1 saturated carbocycles. The Balaban J connectivity index is 2.05. The van der Waals surface area contributed by atoms with E-state index >= 15 is 0 Å². The molecule has 3 heteroatoms. The summed E-state index contributed by atoms with van der Waals surface area (Å²) in [5.41, 5.74) is 7.49. The Kier molecular flexibility index (Phi) is 4.29. The van der Waals surface area contributed by atoms with Gasteiger partial charge in [-0.1, -0.05) is 43.9 Å². The Morgan fingerprint density at radius 2 is 2.00 bits per heavy atom. The quantitative estimate of drug-likeness (QED) is 0.869. The zero-order valence-corrected chi connectivity index (χ0v) is 11.6. The lowest BCUT2D eigenvalue weighted by molar-refractivity contribution is 0.168. The molecule has 1 unspecified atom stereocenters. The molecule has 1 nitrogen and oxygen atoms in total. The summed E-state index contributed by atoms with van der Waals surface area (Å²) in [4.78, 5) is 0. The second kappa shape index (κ2) is 5.58. The van der Waals surface area contributed by atoms with Crippen LogP contribution in [0, 0.1) is 11.2 Å². The summed E-state index contributed by atoms with van der Waals surface area (Å²) < 4.78 is 13.4. The minimum absolute atomic E-state index is 0.0957. The molecule has 2 N–H and O–H groups in total. The van der Waals surface area contributed by atoms with Crippen LogP contribution in [0.5, 0.6) is 0 Å². The van der Waals surface area contributed by atoms with Crippen molar-refractivity contribution in [1.29, 1.82) is 0 Å². The molecule has 18 heavy (non-hydrogen) atoms. The first-order valence-corrected chi connectivity index (χ1v) is 7.08. The van der Waals surface area contributed by atoms with E-state index in [1.165, 1.54) is 38.2 Å². The Morgan fingerprint density at radius 3 is 2.61 bits per heavy atom. The van der Waals surface area contributed by atoms with Crippen LogP contribution < -0.4 is 5.73 Å². The summed E-state index contributed by atoms with van der Waals surface area (Å²) >= 11 is 5.69. The van der Waals surface area contributed by atoms with Gasteiger partial charge in [-0.05, 0) is 42.4 Å². The molecule has 0 bridgehead atoms. The average Bonchev–Trinajstić information content (AvgIpc) is 2.35. The predicted molar refractivity (Wildman–Crippen MR) is 74.3 cm³/mol. The third-order valence-corrected chi connectivity index (χ3v) is 4.64. The van der Waals surface area contributed by atoms with Crippen LogP contribution in [0.25, 0.3) is 0 Å². The van der Waals surface area contributed by atoms with Crippen molar-refractivity contribution >= 4 is 11.6 Å². The Bertz CT molecular complexity index is 413. The van der Waals surface area contributed by atoms with Gasteiger partial charge in [-0.3, -0.25) is 0 Å². The van der Waals surface area contributed by atoms with Crippen molar-refractivity contribution in [2.45, 2.75) is 51.5 Å². The molecule has 0 amide bonds. The van der Waals surface area contributed by atoms with Crippen LogP contribution in [0.3, 0.4) is 0 Å². The van der Waals surface area contributed by atoms with Crippen molar-refractivity contribution < 1.29 is 4.39 Å². The van der Waals surface area contributed by atoms with E-state index in [0.717, 1.165) is 12.0 Å². The first kappa shape index (κ1) is 13.8. The molecule has 0 aromatic heterocycles. The highest BCUT2D eigenvalue weighted by molar-refractivity contribution is 6.30. The summed E-state index contributed by atoms with van der Waals surface area (Å²) in [7, 11) is 0. The van der Waals surface area contributed by atoms with E-state index in [9.17, 15) is 4.39 Å². The van der Waals surface area contributed by atoms with Gasteiger partial charge >= 0.3 is 0 Å². The summed E-state index contributed by atoms with van der Waals surface area (Å²) in [6, 6.07) is 5.09. The van der Waals surface area contributed by atoms with Crippen LogP contribution in [0.2, 0.25) is 5.02 Å². The largest absolute Gasteiger partial charge is 0.327 e. The minimum atomic E-state index is -0.352. The maximum absolute atomic E-state index is 13.4. The topological polar surface area (TPSA) is 26.0 Å². The van der Waals surface area contributed by atoms with E-state index in [-0.39, 0.29) is 22.3 Å². The second-order valence-corrected chi connectivity index (χ2v) is 6.18. The van der Waals surface area contributed by atoms with Crippen LogP contribution >= 0.6 is 11.6 Å². The Hall–Kier alpha value is -0.600. The maximum Gasteiger partial charge on any atom is 0.142 e. The molecule has 0 spiro atoms. The molecule has 2 rings (SSSR count). The summed E-state index contributed by atoms with van der Waals surface area (Å²) in [5.74, 6) is -0.352. The first-order chi connectivity index (χ1) is 8.51. The fourth-order valence-corrected chi connectivity index (χ4v) is 3.01. The van der Waals surface area contributed by atoms with E-state index in [2.05, 4.69) is 6.92 Å². The van der Waals surface area contributed by atoms with Crippen LogP contribution in [0.4, 0.5) is 4.39 Å². The number of hydrogen-bond donors (Lipinski definition) is 1. The van der Waals surface area contributed by atoms with E-state index < -0.39 is 0 Å². The van der Waals surface area contributed by atoms with E-state index in [1.807, 2.05) is 6.07 Å². The van der Waals surface area contributed by atoms with E-state index in [1.54, 1.807) is 6.07 Å². The molecule has 1 aromatic carbocycles. The van der Waals surface area contributed by atoms with Crippen molar-refractivity contribution in [3.8, 4) is 0 Å². The maximum atomic E-state index is 13.4. The predicted octanol–water partition coefficient (Wildman–Crippen LogP) is 4.32. The fraction of sp³-hybridized carbons (Fsp3) is 0.600. The van der Waals surface area contributed by atoms with Crippen molar-refractivity contribution in [3.63, 3.8) is 0 Å². The smallest absolute Gasteiger partial charge is 0.142 e. The Labute approximate surface area is 114 Å². The van der Waals surface area contributed by atoms with Gasteiger partial charge in [-0.25, -0.2) is 4.39 Å². The normalized spacial score (nSPS) is 20.7. The molecule has 1 atom stereocenters. The van der Waals surface area contributed by atoms with Gasteiger partial charge in [0.1, 0.15) is 5.82 Å². The average molecular weight is 270 g/mol. The van der Waals surface area contributed by atoms with E-state index in [4.69, 9.17) is 17.3 Å². The zero-order valence-electron chi connectivity index (χ0n) is 10.9. The molecule has 1 aromatic rings. The highest BCUT2D eigenvalue weighted by Gasteiger charge is 2.33. The van der Waals surface area contributed by atoms with E-state index in [0.29, 0.717) is 0 Å². The van der Waals surface area contributed by atoms with Gasteiger partial charge < -0.3 is 5.73 Å². The lowest BCUT2D eigenvalue weighted by atomic mass is 9.69. The molecule has 0 radical (unpaired) electrons. The molecule has 1 aliphatic carbocycles. The molecule has 1 aliphatic rings. The number of benzene rings is 1. The monoisotopic (exact) mass is 269 g/mol. The summed E-state index contributed by atoms with van der Waals surface area (Å²) in [5, 5.41) is 0.177. The van der Waals surface area contributed by atoms with Gasteiger partial charge in [-0.15, -0.1) is 0 Å². The number of rotatable bonds is 3. The number of hydrogen-bond acceptors (Lipinski definition) is 1. The third kappa shape index (κ3) is 3.04. The lowest BCUT2D eigenvalue weighted by Crippen LogP contribution is -2.42. The number of nitrogens with two attached hydrogens (primary N) is 1. The minimum Gasteiger partial charge on any atom is -0.327 e. The van der Waals surface area contributed by atoms with Crippen molar-refractivity contribution in [2.75, 3.05) is 0 Å². The van der Waals surface area contributed by atoms with Crippen molar-refractivity contribution in [1.82, 2.24) is 0 Å². The van der Waals surface area contributed by atoms with Crippen LogP contribution in [0.15, 0.2) is 18.2 Å². The van der Waals surface area contributed by atoms with Gasteiger partial charge in [0.2, 0.25) is 0 Å². The van der Waals surface area contributed by atoms with Gasteiger partial charge in [0.25, 0.3) is 0 Å². The van der Waals surface area contributed by atoms with Crippen molar-refractivity contribution in [2.24, 2.45) is 11.1 Å². The number of halogens is 2. The highest BCUT2D eigenvalue weighted by Crippen LogP contribution is 2.39. The van der Waals surface area contributed by atoms with Gasteiger partial charge in [-0.2, -0.15) is 0 Å². The van der Waals surface area contributed by atoms with Crippen LogP contribution in [-0.4, -0.2) is 6.04 Å². The lowest BCUT2D eigenvalue weighted by Gasteiger charge is -2.39. The van der Waals surface area contributed by atoms with Gasteiger partial charge in [0.15, 0.2) is 0 Å².